The van der Waals surface area contributed by atoms with E-state index in [1.807, 2.05) is 67.6 Å². The van der Waals surface area contributed by atoms with Crippen LogP contribution in [0.1, 0.15) is 22.4 Å². The first-order valence-corrected chi connectivity index (χ1v) is 10.3. The van der Waals surface area contributed by atoms with Gasteiger partial charge in [0.15, 0.2) is 5.60 Å². The highest BCUT2D eigenvalue weighted by molar-refractivity contribution is 6.31. The van der Waals surface area contributed by atoms with Gasteiger partial charge in [-0.3, -0.25) is 4.79 Å². The van der Waals surface area contributed by atoms with Gasteiger partial charge >= 0.3 is 0 Å². The van der Waals surface area contributed by atoms with Gasteiger partial charge in [-0.25, -0.2) is 0 Å². The summed E-state index contributed by atoms with van der Waals surface area (Å²) in [5.74, 6) is -0.344. The number of aromatic nitrogens is 1. The Hall–Kier alpha value is -3.08. The first-order chi connectivity index (χ1) is 14.5. The summed E-state index contributed by atoms with van der Waals surface area (Å²) in [6.07, 6.45) is 0.692. The molecule has 0 fully saturated rings. The number of anilines is 1. The van der Waals surface area contributed by atoms with E-state index in [0.29, 0.717) is 34.8 Å². The fourth-order valence-electron chi connectivity index (χ4n) is 4.55. The largest absolute Gasteiger partial charge is 0.372 e. The molecule has 30 heavy (non-hydrogen) atoms. The van der Waals surface area contributed by atoms with Crippen molar-refractivity contribution in [2.45, 2.75) is 18.9 Å². The van der Waals surface area contributed by atoms with Crippen LogP contribution in [-0.2, 0) is 16.8 Å². The molecular formula is C25H21ClN2O2. The van der Waals surface area contributed by atoms with Gasteiger partial charge in [0.05, 0.1) is 5.69 Å². The monoisotopic (exact) mass is 416 g/mol. The number of amides is 1. The smallest absolute Gasteiger partial charge is 0.268 e. The molecule has 0 unspecified atom stereocenters. The molecule has 1 atom stereocenters. The highest BCUT2D eigenvalue weighted by atomic mass is 35.5. The Labute approximate surface area is 179 Å². The molecule has 5 heteroatoms. The standard InChI is InChI=1S/C25H21ClN2O2/c1-16-23(19-9-5-6-10-21(19)27-16)25(30)20-15-18(26)11-12-22(20)28(24(25)29)14-13-17-7-3-2-4-8-17/h2-12,15,27,30H,13-14H2,1H3/t25-/m1/s1. The number of para-hydroxylation sites is 1. The zero-order valence-corrected chi connectivity index (χ0v) is 17.3. The maximum atomic E-state index is 13.7. The molecular weight excluding hydrogens is 396 g/mol. The number of hydrogen-bond acceptors (Lipinski definition) is 2. The molecule has 1 aromatic heterocycles. The maximum Gasteiger partial charge on any atom is 0.268 e. The molecule has 3 aromatic carbocycles. The number of carbonyl (C=O) groups is 1. The van der Waals surface area contributed by atoms with Crippen LogP contribution in [0.15, 0.2) is 72.8 Å². The lowest BCUT2D eigenvalue weighted by molar-refractivity contribution is -0.132. The Bertz CT molecular complexity index is 1260. The molecule has 5 rings (SSSR count). The number of benzene rings is 3. The topological polar surface area (TPSA) is 56.3 Å². The summed E-state index contributed by atoms with van der Waals surface area (Å²) in [4.78, 5) is 18.7. The molecule has 1 amide bonds. The van der Waals surface area contributed by atoms with E-state index in [4.69, 9.17) is 11.6 Å². The van der Waals surface area contributed by atoms with Crippen LogP contribution in [0.5, 0.6) is 0 Å². The number of nitrogens with one attached hydrogen (secondary N) is 1. The molecule has 4 aromatic rings. The summed E-state index contributed by atoms with van der Waals surface area (Å²) < 4.78 is 0. The number of hydrogen-bond donors (Lipinski definition) is 2. The highest BCUT2D eigenvalue weighted by Crippen LogP contribution is 2.48. The zero-order valence-electron chi connectivity index (χ0n) is 16.5. The molecule has 0 spiro atoms. The van der Waals surface area contributed by atoms with Gasteiger partial charge in [-0.15, -0.1) is 0 Å². The zero-order chi connectivity index (χ0) is 20.9. The minimum Gasteiger partial charge on any atom is -0.372 e. The average Bonchev–Trinajstić information content (AvgIpc) is 3.19. The Morgan fingerprint density at radius 1 is 1.03 bits per heavy atom. The van der Waals surface area contributed by atoms with Crippen molar-refractivity contribution in [3.05, 3.63) is 100 Å². The number of aryl methyl sites for hydroxylation is 1. The van der Waals surface area contributed by atoms with Gasteiger partial charge < -0.3 is 15.0 Å². The van der Waals surface area contributed by atoms with Crippen LogP contribution < -0.4 is 4.90 Å². The van der Waals surface area contributed by atoms with Crippen molar-refractivity contribution >= 4 is 34.1 Å². The summed E-state index contributed by atoms with van der Waals surface area (Å²) in [6.45, 7) is 2.36. The Morgan fingerprint density at radius 2 is 1.77 bits per heavy atom. The molecule has 150 valence electrons. The molecule has 4 nitrogen and oxygen atoms in total. The highest BCUT2D eigenvalue weighted by Gasteiger charge is 2.52. The van der Waals surface area contributed by atoms with Crippen LogP contribution in [0, 0.1) is 6.92 Å². The van der Waals surface area contributed by atoms with E-state index in [9.17, 15) is 9.90 Å². The third kappa shape index (κ3) is 2.76. The minimum absolute atomic E-state index is 0.344. The van der Waals surface area contributed by atoms with Crippen molar-refractivity contribution in [2.75, 3.05) is 11.4 Å². The lowest BCUT2D eigenvalue weighted by atomic mass is 9.85. The molecule has 2 heterocycles. The average molecular weight is 417 g/mol. The van der Waals surface area contributed by atoms with Crippen molar-refractivity contribution in [3.8, 4) is 0 Å². The van der Waals surface area contributed by atoms with Gasteiger partial charge in [0.25, 0.3) is 5.91 Å². The Morgan fingerprint density at radius 3 is 2.57 bits per heavy atom. The fourth-order valence-corrected chi connectivity index (χ4v) is 4.72. The van der Waals surface area contributed by atoms with Crippen molar-refractivity contribution in [1.82, 2.24) is 4.98 Å². The van der Waals surface area contributed by atoms with Gasteiger partial charge in [-0.1, -0.05) is 60.1 Å². The lowest BCUT2D eigenvalue weighted by Crippen LogP contribution is -2.42. The first-order valence-electron chi connectivity index (χ1n) is 9.96. The van der Waals surface area contributed by atoms with Crippen molar-refractivity contribution < 1.29 is 9.90 Å². The minimum atomic E-state index is -1.79. The Kier molecular flexibility index (Phi) is 4.42. The van der Waals surface area contributed by atoms with Gasteiger partial charge in [0, 0.05) is 39.3 Å². The quantitative estimate of drug-likeness (QED) is 0.494. The molecule has 1 aliphatic heterocycles. The summed E-state index contributed by atoms with van der Waals surface area (Å²) >= 11 is 6.29. The number of aliphatic hydroxyl groups is 1. The first kappa shape index (κ1) is 18.9. The van der Waals surface area contributed by atoms with Crippen molar-refractivity contribution in [2.24, 2.45) is 0 Å². The molecule has 0 radical (unpaired) electrons. The Balaban J connectivity index is 1.65. The number of carbonyl (C=O) groups excluding carboxylic acids is 1. The second kappa shape index (κ2) is 7.01. The molecule has 0 aliphatic carbocycles. The third-order valence-electron chi connectivity index (χ3n) is 5.92. The predicted octanol–water partition coefficient (Wildman–Crippen LogP) is 4.95. The van der Waals surface area contributed by atoms with Crippen LogP contribution in [0.2, 0.25) is 5.02 Å². The lowest BCUT2D eigenvalue weighted by Gasteiger charge is -2.24. The number of halogens is 1. The summed E-state index contributed by atoms with van der Waals surface area (Å²) in [7, 11) is 0. The molecule has 0 saturated carbocycles. The number of H-pyrrole nitrogens is 1. The third-order valence-corrected chi connectivity index (χ3v) is 6.15. The van der Waals surface area contributed by atoms with Crippen LogP contribution in [-0.4, -0.2) is 22.5 Å². The summed E-state index contributed by atoms with van der Waals surface area (Å²) in [5, 5.41) is 13.3. The molecule has 2 N–H and O–H groups in total. The van der Waals surface area contributed by atoms with E-state index in [1.54, 1.807) is 17.0 Å². The second-order valence-electron chi connectivity index (χ2n) is 7.73. The number of nitrogens with zero attached hydrogens (tertiary/aromatic N) is 1. The van der Waals surface area contributed by atoms with E-state index >= 15 is 0 Å². The number of rotatable bonds is 4. The SMILES string of the molecule is Cc1[nH]c2ccccc2c1[C@@]1(O)C(=O)N(CCc2ccccc2)c2ccc(Cl)cc21. The van der Waals surface area contributed by atoms with Crippen LogP contribution in [0.4, 0.5) is 5.69 Å². The molecule has 1 aliphatic rings. The molecule has 0 saturated heterocycles. The van der Waals surface area contributed by atoms with E-state index in [1.165, 1.54) is 0 Å². The summed E-state index contributed by atoms with van der Waals surface area (Å²) in [5.41, 5.74) is 2.82. The van der Waals surface area contributed by atoms with Gasteiger partial charge in [-0.05, 0) is 43.2 Å². The van der Waals surface area contributed by atoms with Crippen LogP contribution in [0.3, 0.4) is 0 Å². The van der Waals surface area contributed by atoms with Crippen molar-refractivity contribution in [1.29, 1.82) is 0 Å². The van der Waals surface area contributed by atoms with Crippen molar-refractivity contribution in [3.63, 3.8) is 0 Å². The van der Waals surface area contributed by atoms with Gasteiger partial charge in [0.2, 0.25) is 0 Å². The van der Waals surface area contributed by atoms with E-state index in [0.717, 1.165) is 22.2 Å². The maximum absolute atomic E-state index is 13.7. The second-order valence-corrected chi connectivity index (χ2v) is 8.17. The van der Waals surface area contributed by atoms with E-state index < -0.39 is 5.60 Å². The van der Waals surface area contributed by atoms with Gasteiger partial charge in [0.1, 0.15) is 0 Å². The van der Waals surface area contributed by atoms with Crippen LogP contribution >= 0.6 is 11.6 Å². The van der Waals surface area contributed by atoms with E-state index in [-0.39, 0.29) is 5.91 Å². The summed E-state index contributed by atoms with van der Waals surface area (Å²) in [6, 6.07) is 23.0. The normalized spacial score (nSPS) is 18.2. The fraction of sp³-hybridized carbons (Fsp3) is 0.160. The number of aromatic amines is 1. The van der Waals surface area contributed by atoms with Crippen LogP contribution in [0.25, 0.3) is 10.9 Å². The van der Waals surface area contributed by atoms with E-state index in [2.05, 4.69) is 4.98 Å². The predicted molar refractivity (Wildman–Crippen MR) is 120 cm³/mol. The molecule has 0 bridgehead atoms. The van der Waals surface area contributed by atoms with Gasteiger partial charge in [-0.2, -0.15) is 0 Å². The number of fused-ring (bicyclic) bond motifs is 2.